The zero-order valence-corrected chi connectivity index (χ0v) is 15.7. The third kappa shape index (κ3) is 2.93. The van der Waals surface area contributed by atoms with Gasteiger partial charge in [0, 0.05) is 28.6 Å². The quantitative estimate of drug-likeness (QED) is 0.328. The van der Waals surface area contributed by atoms with Crippen LogP contribution in [0.3, 0.4) is 0 Å². The van der Waals surface area contributed by atoms with E-state index < -0.39 is 0 Å². The van der Waals surface area contributed by atoms with Crippen molar-refractivity contribution in [2.75, 3.05) is 6.54 Å². The maximum absolute atomic E-state index is 13.0. The molecule has 1 aliphatic rings. The lowest BCUT2D eigenvalue weighted by molar-refractivity contribution is 0.0607. The number of aldehydes is 1. The van der Waals surface area contributed by atoms with E-state index in [0.717, 1.165) is 36.6 Å². The van der Waals surface area contributed by atoms with Crippen molar-refractivity contribution in [3.05, 3.63) is 59.4 Å². The largest absolute Gasteiger partial charge is 0.453 e. The zero-order chi connectivity index (χ0) is 19.7. The van der Waals surface area contributed by atoms with Gasteiger partial charge in [0.25, 0.3) is 11.8 Å². The number of rotatable bonds is 7. The SMILES string of the molecule is CCCCCCN1C(=O)c2cccc3c(-c4ccc(C=O)o4)ccc(c23)C1=O. The van der Waals surface area contributed by atoms with E-state index >= 15 is 0 Å². The van der Waals surface area contributed by atoms with Gasteiger partial charge in [-0.15, -0.1) is 0 Å². The maximum atomic E-state index is 13.0. The van der Waals surface area contributed by atoms with Crippen LogP contribution in [-0.2, 0) is 0 Å². The smallest absolute Gasteiger partial charge is 0.261 e. The van der Waals surface area contributed by atoms with Gasteiger partial charge in [0.15, 0.2) is 12.0 Å². The first-order valence-electron chi connectivity index (χ1n) is 9.63. The standard InChI is InChI=1S/C23H21NO4/c1-2-3-4-5-13-24-22(26)18-8-6-7-17-16(20-12-9-15(14-25)28-20)10-11-19(21(17)18)23(24)27/h6-12,14H,2-5,13H2,1H3. The topological polar surface area (TPSA) is 67.6 Å². The molecule has 0 unspecified atom stereocenters. The molecule has 2 amide bonds. The number of amides is 2. The number of carbonyl (C=O) groups is 3. The van der Waals surface area contributed by atoms with E-state index in [1.807, 2.05) is 18.2 Å². The van der Waals surface area contributed by atoms with E-state index in [0.29, 0.717) is 35.1 Å². The Labute approximate surface area is 162 Å². The molecule has 2 heterocycles. The average molecular weight is 375 g/mol. The van der Waals surface area contributed by atoms with Crippen LogP contribution in [-0.4, -0.2) is 29.5 Å². The molecule has 1 aliphatic heterocycles. The normalized spacial score (nSPS) is 13.4. The Hall–Kier alpha value is -3.21. The van der Waals surface area contributed by atoms with Crippen molar-refractivity contribution in [2.45, 2.75) is 32.6 Å². The molecule has 0 atom stereocenters. The summed E-state index contributed by atoms with van der Waals surface area (Å²) >= 11 is 0. The number of hydrogen-bond acceptors (Lipinski definition) is 4. The molecular weight excluding hydrogens is 354 g/mol. The monoisotopic (exact) mass is 375 g/mol. The van der Waals surface area contributed by atoms with Crippen molar-refractivity contribution in [2.24, 2.45) is 0 Å². The highest BCUT2D eigenvalue weighted by molar-refractivity contribution is 6.26. The van der Waals surface area contributed by atoms with Crippen molar-refractivity contribution in [1.29, 1.82) is 0 Å². The van der Waals surface area contributed by atoms with Gasteiger partial charge in [-0.05, 0) is 42.1 Å². The molecule has 5 heteroatoms. The maximum Gasteiger partial charge on any atom is 0.261 e. The van der Waals surface area contributed by atoms with E-state index in [2.05, 4.69) is 6.92 Å². The van der Waals surface area contributed by atoms with Gasteiger partial charge < -0.3 is 4.42 Å². The first-order chi connectivity index (χ1) is 13.7. The lowest BCUT2D eigenvalue weighted by Gasteiger charge is -2.27. The number of imide groups is 1. The van der Waals surface area contributed by atoms with Crippen LogP contribution in [0.15, 0.2) is 46.9 Å². The Balaban J connectivity index is 1.78. The Morgan fingerprint density at radius 2 is 1.64 bits per heavy atom. The van der Waals surface area contributed by atoms with E-state index in [4.69, 9.17) is 4.42 Å². The van der Waals surface area contributed by atoms with Crippen molar-refractivity contribution in [3.63, 3.8) is 0 Å². The van der Waals surface area contributed by atoms with Crippen LogP contribution in [0.1, 0.15) is 63.9 Å². The number of unbranched alkanes of at least 4 members (excludes halogenated alkanes) is 3. The second kappa shape index (κ2) is 7.43. The molecule has 4 rings (SSSR count). The van der Waals surface area contributed by atoms with Gasteiger partial charge in [0.2, 0.25) is 0 Å². The molecule has 0 saturated heterocycles. The predicted octanol–water partition coefficient (Wildman–Crippen LogP) is 5.09. The summed E-state index contributed by atoms with van der Waals surface area (Å²) in [5.41, 5.74) is 1.82. The Bertz CT molecular complexity index is 1060. The van der Waals surface area contributed by atoms with Gasteiger partial charge in [-0.1, -0.05) is 38.3 Å². The number of nitrogens with zero attached hydrogens (tertiary/aromatic N) is 1. The molecule has 0 aliphatic carbocycles. The minimum atomic E-state index is -0.246. The summed E-state index contributed by atoms with van der Waals surface area (Å²) in [6, 6.07) is 12.3. The fourth-order valence-corrected chi connectivity index (χ4v) is 3.82. The molecule has 1 aromatic heterocycles. The summed E-state index contributed by atoms with van der Waals surface area (Å²) in [6.07, 6.45) is 4.66. The molecule has 142 valence electrons. The van der Waals surface area contributed by atoms with Crippen molar-refractivity contribution < 1.29 is 18.8 Å². The van der Waals surface area contributed by atoms with Crippen molar-refractivity contribution in [3.8, 4) is 11.3 Å². The summed E-state index contributed by atoms with van der Waals surface area (Å²) in [5.74, 6) is 0.281. The van der Waals surface area contributed by atoms with Gasteiger partial charge in [0.05, 0.1) is 0 Å². The van der Waals surface area contributed by atoms with Crippen LogP contribution >= 0.6 is 0 Å². The highest BCUT2D eigenvalue weighted by atomic mass is 16.3. The number of hydrogen-bond donors (Lipinski definition) is 0. The van der Waals surface area contributed by atoms with Gasteiger partial charge in [0.1, 0.15) is 5.76 Å². The van der Waals surface area contributed by atoms with Crippen LogP contribution in [0.25, 0.3) is 22.1 Å². The van der Waals surface area contributed by atoms with Crippen LogP contribution in [0.5, 0.6) is 0 Å². The number of carbonyl (C=O) groups excluding carboxylic acids is 3. The van der Waals surface area contributed by atoms with Gasteiger partial charge in [-0.25, -0.2) is 0 Å². The Kier molecular flexibility index (Phi) is 4.82. The molecule has 0 spiro atoms. The lowest BCUT2D eigenvalue weighted by atomic mass is 9.90. The van der Waals surface area contributed by atoms with Crippen molar-refractivity contribution >= 4 is 28.9 Å². The highest BCUT2D eigenvalue weighted by Crippen LogP contribution is 2.37. The minimum Gasteiger partial charge on any atom is -0.453 e. The van der Waals surface area contributed by atoms with E-state index in [1.165, 1.54) is 4.90 Å². The average Bonchev–Trinajstić information content (AvgIpc) is 3.20. The summed E-state index contributed by atoms with van der Waals surface area (Å²) in [4.78, 5) is 38.3. The second-order valence-corrected chi connectivity index (χ2v) is 7.03. The highest BCUT2D eigenvalue weighted by Gasteiger charge is 2.33. The zero-order valence-electron chi connectivity index (χ0n) is 15.7. The molecule has 0 radical (unpaired) electrons. The Morgan fingerprint density at radius 3 is 2.36 bits per heavy atom. The molecule has 0 saturated carbocycles. The van der Waals surface area contributed by atoms with Gasteiger partial charge >= 0.3 is 0 Å². The number of benzene rings is 2. The predicted molar refractivity (Wildman–Crippen MR) is 107 cm³/mol. The Morgan fingerprint density at radius 1 is 0.893 bits per heavy atom. The molecule has 2 aromatic carbocycles. The molecule has 0 N–H and O–H groups in total. The lowest BCUT2D eigenvalue weighted by Crippen LogP contribution is -2.40. The molecule has 5 nitrogen and oxygen atoms in total. The summed E-state index contributed by atoms with van der Waals surface area (Å²) < 4.78 is 5.56. The second-order valence-electron chi connectivity index (χ2n) is 7.03. The first-order valence-corrected chi connectivity index (χ1v) is 9.63. The van der Waals surface area contributed by atoms with E-state index in [9.17, 15) is 14.4 Å². The summed E-state index contributed by atoms with van der Waals surface area (Å²) in [5, 5.41) is 1.43. The van der Waals surface area contributed by atoms with Crippen LogP contribution in [0.4, 0.5) is 0 Å². The van der Waals surface area contributed by atoms with E-state index in [-0.39, 0.29) is 17.6 Å². The number of furan rings is 1. The third-order valence-electron chi connectivity index (χ3n) is 5.24. The van der Waals surface area contributed by atoms with Gasteiger partial charge in [-0.3, -0.25) is 19.3 Å². The molecule has 0 fully saturated rings. The first kappa shape index (κ1) is 18.2. The van der Waals surface area contributed by atoms with Crippen molar-refractivity contribution in [1.82, 2.24) is 4.90 Å². The van der Waals surface area contributed by atoms with Gasteiger partial charge in [-0.2, -0.15) is 0 Å². The summed E-state index contributed by atoms with van der Waals surface area (Å²) in [7, 11) is 0. The van der Waals surface area contributed by atoms with Crippen LogP contribution in [0.2, 0.25) is 0 Å². The molecule has 28 heavy (non-hydrogen) atoms. The molecular formula is C23H21NO4. The molecule has 0 bridgehead atoms. The molecule has 3 aromatic rings. The van der Waals surface area contributed by atoms with E-state index in [1.54, 1.807) is 24.3 Å². The van der Waals surface area contributed by atoms with Crippen LogP contribution in [0, 0.1) is 0 Å². The fourth-order valence-electron chi connectivity index (χ4n) is 3.82. The van der Waals surface area contributed by atoms with Crippen LogP contribution < -0.4 is 0 Å². The fraction of sp³-hybridized carbons (Fsp3) is 0.261. The minimum absolute atomic E-state index is 0.237. The third-order valence-corrected chi connectivity index (χ3v) is 5.24. The summed E-state index contributed by atoms with van der Waals surface area (Å²) in [6.45, 7) is 2.57.